The third-order valence-electron chi connectivity index (χ3n) is 4.01. The van der Waals surface area contributed by atoms with E-state index in [1.54, 1.807) is 0 Å². The van der Waals surface area contributed by atoms with Crippen LogP contribution in [0.3, 0.4) is 0 Å². The Kier molecular flexibility index (Phi) is 5.26. The van der Waals surface area contributed by atoms with Crippen molar-refractivity contribution in [3.05, 3.63) is 0 Å². The molecule has 5 nitrogen and oxygen atoms in total. The number of carbonyl (C=O) groups is 1. The number of piperazine rings is 1. The molecule has 5 heteroatoms. The lowest BCUT2D eigenvalue weighted by molar-refractivity contribution is 0.120. The number of aliphatic hydroxyl groups excluding tert-OH is 1. The normalized spacial score (nSPS) is 23.1. The summed E-state index contributed by atoms with van der Waals surface area (Å²) in [5.41, 5.74) is 0. The molecule has 2 rings (SSSR count). The number of urea groups is 1. The predicted molar refractivity (Wildman–Crippen MR) is 70.5 cm³/mol. The summed E-state index contributed by atoms with van der Waals surface area (Å²) >= 11 is 0. The van der Waals surface area contributed by atoms with Gasteiger partial charge in [0, 0.05) is 38.8 Å². The molecule has 0 aromatic carbocycles. The highest BCUT2D eigenvalue weighted by Crippen LogP contribution is 2.17. The lowest BCUT2D eigenvalue weighted by Crippen LogP contribution is -2.53. The first-order valence-electron chi connectivity index (χ1n) is 7.18. The Hall–Kier alpha value is -0.810. The van der Waals surface area contributed by atoms with Crippen molar-refractivity contribution < 1.29 is 9.90 Å². The predicted octanol–water partition coefficient (Wildman–Crippen LogP) is 0.639. The summed E-state index contributed by atoms with van der Waals surface area (Å²) < 4.78 is 0. The smallest absolute Gasteiger partial charge is 0.317 e. The van der Waals surface area contributed by atoms with Crippen LogP contribution < -0.4 is 5.32 Å². The minimum absolute atomic E-state index is 0.102. The highest BCUT2D eigenvalue weighted by Gasteiger charge is 2.23. The first kappa shape index (κ1) is 13.6. The first-order chi connectivity index (χ1) is 8.79. The number of carbonyl (C=O) groups excluding carboxylic acids is 1. The van der Waals surface area contributed by atoms with Gasteiger partial charge in [0.15, 0.2) is 0 Å². The van der Waals surface area contributed by atoms with Crippen molar-refractivity contribution in [3.63, 3.8) is 0 Å². The molecule has 1 heterocycles. The summed E-state index contributed by atoms with van der Waals surface area (Å²) in [4.78, 5) is 16.2. The van der Waals surface area contributed by atoms with Crippen LogP contribution in [0.5, 0.6) is 0 Å². The lowest BCUT2D eigenvalue weighted by atomic mass is 9.96. The van der Waals surface area contributed by atoms with Gasteiger partial charge in [0.05, 0.1) is 6.61 Å². The van der Waals surface area contributed by atoms with Gasteiger partial charge in [0.2, 0.25) is 0 Å². The monoisotopic (exact) mass is 255 g/mol. The fraction of sp³-hybridized carbons (Fsp3) is 0.923. The van der Waals surface area contributed by atoms with Crippen molar-refractivity contribution in [1.29, 1.82) is 0 Å². The molecule has 2 N–H and O–H groups in total. The van der Waals surface area contributed by atoms with Gasteiger partial charge in [0.1, 0.15) is 0 Å². The van der Waals surface area contributed by atoms with Crippen LogP contribution in [0.15, 0.2) is 0 Å². The maximum absolute atomic E-state index is 12.1. The van der Waals surface area contributed by atoms with Gasteiger partial charge in [-0.05, 0) is 12.8 Å². The van der Waals surface area contributed by atoms with Crippen molar-refractivity contribution >= 4 is 6.03 Å². The third kappa shape index (κ3) is 3.85. The van der Waals surface area contributed by atoms with Gasteiger partial charge < -0.3 is 15.3 Å². The van der Waals surface area contributed by atoms with Crippen LogP contribution >= 0.6 is 0 Å². The van der Waals surface area contributed by atoms with E-state index in [0.717, 1.165) is 45.6 Å². The van der Waals surface area contributed by atoms with Crippen molar-refractivity contribution in [3.8, 4) is 0 Å². The van der Waals surface area contributed by atoms with E-state index < -0.39 is 0 Å². The van der Waals surface area contributed by atoms with E-state index in [1.165, 1.54) is 19.3 Å². The number of hydrogen-bond donors (Lipinski definition) is 2. The van der Waals surface area contributed by atoms with Gasteiger partial charge >= 0.3 is 6.03 Å². The van der Waals surface area contributed by atoms with Crippen molar-refractivity contribution in [2.75, 3.05) is 39.3 Å². The van der Waals surface area contributed by atoms with E-state index in [4.69, 9.17) is 5.11 Å². The summed E-state index contributed by atoms with van der Waals surface area (Å²) in [7, 11) is 0. The summed E-state index contributed by atoms with van der Waals surface area (Å²) in [6.45, 7) is 4.22. The molecule has 2 fully saturated rings. The molecule has 2 amide bonds. The number of hydrogen-bond acceptors (Lipinski definition) is 3. The largest absolute Gasteiger partial charge is 0.395 e. The Morgan fingerprint density at radius 1 is 1.11 bits per heavy atom. The summed E-state index contributed by atoms with van der Waals surface area (Å²) in [5.74, 6) is 0. The third-order valence-corrected chi connectivity index (χ3v) is 4.01. The summed E-state index contributed by atoms with van der Waals surface area (Å²) in [6, 6.07) is 0.493. The highest BCUT2D eigenvalue weighted by molar-refractivity contribution is 5.74. The second kappa shape index (κ2) is 6.95. The van der Waals surface area contributed by atoms with E-state index >= 15 is 0 Å². The van der Waals surface area contributed by atoms with E-state index in [2.05, 4.69) is 10.2 Å². The standard InChI is InChI=1S/C13H25N3O2/c17-11-10-15-6-8-16(9-7-15)13(18)14-12-4-2-1-3-5-12/h12,17H,1-11H2,(H,14,18). The fourth-order valence-corrected chi connectivity index (χ4v) is 2.83. The number of aliphatic hydroxyl groups is 1. The number of amides is 2. The molecule has 0 spiro atoms. The Morgan fingerprint density at radius 3 is 2.39 bits per heavy atom. The zero-order valence-corrected chi connectivity index (χ0v) is 11.1. The second-order valence-corrected chi connectivity index (χ2v) is 5.34. The van der Waals surface area contributed by atoms with Gasteiger partial charge in [-0.25, -0.2) is 4.79 Å². The van der Waals surface area contributed by atoms with E-state index in [0.29, 0.717) is 6.04 Å². The van der Waals surface area contributed by atoms with Crippen LogP contribution in [0.4, 0.5) is 4.79 Å². The maximum atomic E-state index is 12.1. The lowest BCUT2D eigenvalue weighted by Gasteiger charge is -2.35. The van der Waals surface area contributed by atoms with Crippen LogP contribution in [-0.4, -0.2) is 66.3 Å². The van der Waals surface area contributed by atoms with E-state index in [9.17, 15) is 4.79 Å². The molecule has 0 radical (unpaired) electrons. The van der Waals surface area contributed by atoms with Gasteiger partial charge in [-0.3, -0.25) is 4.90 Å². The minimum Gasteiger partial charge on any atom is -0.395 e. The molecule has 0 bridgehead atoms. The fourth-order valence-electron chi connectivity index (χ4n) is 2.83. The van der Waals surface area contributed by atoms with Gasteiger partial charge in [-0.15, -0.1) is 0 Å². The molecule has 0 aromatic heterocycles. The van der Waals surface area contributed by atoms with E-state index in [-0.39, 0.29) is 12.6 Å². The van der Waals surface area contributed by atoms with Crippen LogP contribution in [0.25, 0.3) is 0 Å². The van der Waals surface area contributed by atoms with Crippen molar-refractivity contribution in [1.82, 2.24) is 15.1 Å². The SMILES string of the molecule is O=C(NC1CCCCC1)N1CCN(CCO)CC1. The zero-order valence-electron chi connectivity index (χ0n) is 11.1. The average molecular weight is 255 g/mol. The molecule has 1 aliphatic heterocycles. The van der Waals surface area contributed by atoms with E-state index in [1.807, 2.05) is 4.90 Å². The molecule has 2 aliphatic rings. The topological polar surface area (TPSA) is 55.8 Å². The van der Waals surface area contributed by atoms with Crippen molar-refractivity contribution in [2.24, 2.45) is 0 Å². The molecule has 0 atom stereocenters. The number of rotatable bonds is 3. The Balaban J connectivity index is 1.70. The van der Waals surface area contributed by atoms with Crippen LogP contribution in [0, 0.1) is 0 Å². The zero-order chi connectivity index (χ0) is 12.8. The van der Waals surface area contributed by atoms with Crippen LogP contribution in [0.2, 0.25) is 0 Å². The van der Waals surface area contributed by atoms with Gasteiger partial charge in [0.25, 0.3) is 0 Å². The summed E-state index contributed by atoms with van der Waals surface area (Å²) in [6.07, 6.45) is 6.07. The van der Waals surface area contributed by atoms with Crippen LogP contribution in [-0.2, 0) is 0 Å². The van der Waals surface area contributed by atoms with Crippen LogP contribution in [0.1, 0.15) is 32.1 Å². The number of nitrogens with zero attached hydrogens (tertiary/aromatic N) is 2. The Morgan fingerprint density at radius 2 is 1.78 bits per heavy atom. The molecule has 18 heavy (non-hydrogen) atoms. The molecule has 0 aromatic rings. The quantitative estimate of drug-likeness (QED) is 0.778. The average Bonchev–Trinajstić information content (AvgIpc) is 2.41. The van der Waals surface area contributed by atoms with Gasteiger partial charge in [-0.2, -0.15) is 0 Å². The van der Waals surface area contributed by atoms with Gasteiger partial charge in [-0.1, -0.05) is 19.3 Å². The molecule has 1 saturated carbocycles. The number of nitrogens with one attached hydrogen (secondary N) is 1. The first-order valence-corrected chi connectivity index (χ1v) is 7.18. The molecule has 1 aliphatic carbocycles. The molecule has 104 valence electrons. The minimum atomic E-state index is 0.102. The molecular weight excluding hydrogens is 230 g/mol. The summed E-state index contributed by atoms with van der Waals surface area (Å²) in [5, 5.41) is 12.0. The second-order valence-electron chi connectivity index (χ2n) is 5.34. The Labute approximate surface area is 109 Å². The van der Waals surface area contributed by atoms with Crippen molar-refractivity contribution in [2.45, 2.75) is 38.1 Å². The molecule has 0 unspecified atom stereocenters. The number of β-amino-alcohol motifs (C(OH)–C–C–N with tert-alkyl or cyclic N) is 1. The Bertz CT molecular complexity index is 259. The molecule has 1 saturated heterocycles. The molecular formula is C13H25N3O2. The highest BCUT2D eigenvalue weighted by atomic mass is 16.3. The maximum Gasteiger partial charge on any atom is 0.317 e.